The highest BCUT2D eigenvalue weighted by Gasteiger charge is 2.38. The number of nitrogens with one attached hydrogen (secondary N) is 3. The number of hydrogen-bond acceptors (Lipinski definition) is 8. The van der Waals surface area contributed by atoms with Crippen molar-refractivity contribution in [3.63, 3.8) is 0 Å². The van der Waals surface area contributed by atoms with Gasteiger partial charge in [-0.05, 0) is 32.1 Å². The first-order valence-electron chi connectivity index (χ1n) is 12.1. The van der Waals surface area contributed by atoms with Crippen molar-refractivity contribution in [2.45, 2.75) is 69.1 Å². The van der Waals surface area contributed by atoms with E-state index in [4.69, 9.17) is 22.3 Å². The number of aliphatic carboxylic acids is 2. The van der Waals surface area contributed by atoms with Crippen LogP contribution in [0.25, 0.3) is 0 Å². The van der Waals surface area contributed by atoms with Crippen molar-refractivity contribution in [2.75, 3.05) is 13.1 Å². The standard InChI is InChI=1S/C22H35N9O7/c23-13(3-1-7-27-22(24)25)18(34)30-15(9-12-10-26-11-28-12)19(35)29-14(5-6-17(32)33)20(36)31-8-2-4-16(31)21(37)38/h10-11,13-16H,1-9,23H2,(H,26,28)(H,29,35)(H,30,34)(H,32,33)(H,37,38)(H4,24,25,27). The molecule has 1 aliphatic rings. The third-order valence-electron chi connectivity index (χ3n) is 6.00. The normalized spacial score (nSPS) is 17.2. The Morgan fingerprint density at radius 1 is 1.13 bits per heavy atom. The molecule has 0 spiro atoms. The van der Waals surface area contributed by atoms with Crippen molar-refractivity contribution >= 4 is 35.6 Å². The summed E-state index contributed by atoms with van der Waals surface area (Å²) in [5.74, 6) is -4.56. The van der Waals surface area contributed by atoms with Gasteiger partial charge < -0.3 is 47.9 Å². The number of H-pyrrole nitrogens is 1. The van der Waals surface area contributed by atoms with Gasteiger partial charge in [-0.2, -0.15) is 0 Å². The van der Waals surface area contributed by atoms with Crippen LogP contribution in [-0.2, 0) is 30.4 Å². The van der Waals surface area contributed by atoms with Gasteiger partial charge in [0.2, 0.25) is 17.7 Å². The molecular weight excluding hydrogens is 502 g/mol. The van der Waals surface area contributed by atoms with Gasteiger partial charge in [0, 0.05) is 37.8 Å². The highest BCUT2D eigenvalue weighted by atomic mass is 16.4. The topological polar surface area (TPSA) is 272 Å². The van der Waals surface area contributed by atoms with Crippen LogP contribution < -0.4 is 27.8 Å². The van der Waals surface area contributed by atoms with Gasteiger partial charge in [0.15, 0.2) is 5.96 Å². The Labute approximate surface area is 218 Å². The number of aliphatic imine (C=N–C) groups is 1. The number of aromatic nitrogens is 2. The molecule has 16 heteroatoms. The molecule has 0 radical (unpaired) electrons. The Kier molecular flexibility index (Phi) is 11.5. The predicted octanol–water partition coefficient (Wildman–Crippen LogP) is -2.76. The monoisotopic (exact) mass is 537 g/mol. The van der Waals surface area contributed by atoms with Crippen LogP contribution in [0.3, 0.4) is 0 Å². The number of carboxylic acids is 2. The first kappa shape index (κ1) is 30.0. The summed E-state index contributed by atoms with van der Waals surface area (Å²) < 4.78 is 0. The molecule has 0 bridgehead atoms. The van der Waals surface area contributed by atoms with Crippen molar-refractivity contribution in [3.8, 4) is 0 Å². The maximum absolute atomic E-state index is 13.3. The van der Waals surface area contributed by atoms with Crippen molar-refractivity contribution < 1.29 is 34.2 Å². The first-order valence-corrected chi connectivity index (χ1v) is 12.1. The van der Waals surface area contributed by atoms with Crippen LogP contribution in [0.5, 0.6) is 0 Å². The highest BCUT2D eigenvalue weighted by Crippen LogP contribution is 2.20. The molecule has 4 unspecified atom stereocenters. The average molecular weight is 538 g/mol. The minimum atomic E-state index is -1.31. The fourth-order valence-corrected chi connectivity index (χ4v) is 4.04. The van der Waals surface area contributed by atoms with Gasteiger partial charge in [0.05, 0.1) is 12.4 Å². The van der Waals surface area contributed by atoms with E-state index in [0.29, 0.717) is 18.5 Å². The number of aromatic amines is 1. The van der Waals surface area contributed by atoms with Crippen LogP contribution in [0.4, 0.5) is 0 Å². The van der Waals surface area contributed by atoms with E-state index in [1.165, 1.54) is 12.5 Å². The quantitative estimate of drug-likeness (QED) is 0.0644. The average Bonchev–Trinajstić information content (AvgIpc) is 3.55. The Balaban J connectivity index is 2.15. The number of amides is 3. The molecule has 0 aliphatic carbocycles. The maximum atomic E-state index is 13.3. The second kappa shape index (κ2) is 14.5. The van der Waals surface area contributed by atoms with Crippen molar-refractivity contribution in [2.24, 2.45) is 22.2 Å². The molecule has 3 amide bonds. The number of likely N-dealkylation sites (tertiary alicyclic amines) is 1. The zero-order valence-electron chi connectivity index (χ0n) is 20.8. The summed E-state index contributed by atoms with van der Waals surface area (Å²) in [5.41, 5.74) is 17.0. The van der Waals surface area contributed by atoms with Gasteiger partial charge >= 0.3 is 11.9 Å². The third kappa shape index (κ3) is 9.34. The number of guanidine groups is 1. The van der Waals surface area contributed by atoms with E-state index < -0.39 is 60.2 Å². The smallest absolute Gasteiger partial charge is 0.326 e. The van der Waals surface area contributed by atoms with Crippen LogP contribution in [0, 0.1) is 0 Å². The molecule has 1 aromatic rings. The minimum absolute atomic E-state index is 0.0282. The second-order valence-corrected chi connectivity index (χ2v) is 8.92. The Bertz CT molecular complexity index is 1010. The second-order valence-electron chi connectivity index (χ2n) is 8.92. The van der Waals surface area contributed by atoms with E-state index in [2.05, 4.69) is 25.6 Å². The molecule has 210 valence electrons. The third-order valence-corrected chi connectivity index (χ3v) is 6.00. The molecular formula is C22H35N9O7. The number of carbonyl (C=O) groups is 5. The number of imidazole rings is 1. The van der Waals surface area contributed by atoms with Gasteiger partial charge in [-0.3, -0.25) is 24.2 Å². The van der Waals surface area contributed by atoms with Gasteiger partial charge in [0.1, 0.15) is 18.1 Å². The predicted molar refractivity (Wildman–Crippen MR) is 133 cm³/mol. The summed E-state index contributed by atoms with van der Waals surface area (Å²) in [5, 5.41) is 23.6. The van der Waals surface area contributed by atoms with Crippen molar-refractivity contribution in [1.82, 2.24) is 25.5 Å². The molecule has 16 nitrogen and oxygen atoms in total. The van der Waals surface area contributed by atoms with E-state index in [9.17, 15) is 29.1 Å². The molecule has 1 aliphatic heterocycles. The summed E-state index contributed by atoms with van der Waals surface area (Å²) in [7, 11) is 0. The lowest BCUT2D eigenvalue weighted by Gasteiger charge is -2.28. The van der Waals surface area contributed by atoms with Crippen LogP contribution in [0.2, 0.25) is 0 Å². The van der Waals surface area contributed by atoms with Crippen molar-refractivity contribution in [1.29, 1.82) is 0 Å². The number of nitrogens with two attached hydrogens (primary N) is 3. The molecule has 2 rings (SSSR count). The van der Waals surface area contributed by atoms with Crippen LogP contribution >= 0.6 is 0 Å². The fraction of sp³-hybridized carbons (Fsp3) is 0.591. The highest BCUT2D eigenvalue weighted by molar-refractivity contribution is 5.94. The molecule has 4 atom stereocenters. The van der Waals surface area contributed by atoms with Crippen LogP contribution in [-0.4, -0.2) is 98.0 Å². The summed E-state index contributed by atoms with van der Waals surface area (Å²) in [6, 6.07) is -4.55. The Morgan fingerprint density at radius 2 is 1.84 bits per heavy atom. The lowest BCUT2D eigenvalue weighted by Crippen LogP contribution is -2.57. The molecule has 0 aromatic carbocycles. The largest absolute Gasteiger partial charge is 0.481 e. The molecule has 2 heterocycles. The van der Waals surface area contributed by atoms with E-state index in [1.807, 2.05) is 0 Å². The van der Waals surface area contributed by atoms with E-state index in [1.54, 1.807) is 0 Å². The molecule has 1 saturated heterocycles. The zero-order valence-corrected chi connectivity index (χ0v) is 20.8. The van der Waals surface area contributed by atoms with Gasteiger partial charge in [-0.15, -0.1) is 0 Å². The summed E-state index contributed by atoms with van der Waals surface area (Å²) in [6.45, 7) is 0.431. The summed E-state index contributed by atoms with van der Waals surface area (Å²) >= 11 is 0. The zero-order chi connectivity index (χ0) is 28.2. The molecule has 11 N–H and O–H groups in total. The van der Waals surface area contributed by atoms with E-state index in [-0.39, 0.29) is 44.7 Å². The molecule has 38 heavy (non-hydrogen) atoms. The van der Waals surface area contributed by atoms with E-state index >= 15 is 0 Å². The number of hydrogen-bond donors (Lipinski definition) is 8. The molecule has 0 saturated carbocycles. The van der Waals surface area contributed by atoms with Crippen molar-refractivity contribution in [3.05, 3.63) is 18.2 Å². The Morgan fingerprint density at radius 3 is 2.45 bits per heavy atom. The number of carbonyl (C=O) groups excluding carboxylic acids is 3. The summed E-state index contributed by atoms with van der Waals surface area (Å²) in [6.07, 6.45) is 3.46. The van der Waals surface area contributed by atoms with E-state index in [0.717, 1.165) is 4.90 Å². The van der Waals surface area contributed by atoms with Gasteiger partial charge in [0.25, 0.3) is 0 Å². The molecule has 1 aromatic heterocycles. The first-order chi connectivity index (χ1) is 18.0. The van der Waals surface area contributed by atoms with Crippen LogP contribution in [0.1, 0.15) is 44.2 Å². The number of rotatable bonds is 15. The molecule has 1 fully saturated rings. The number of nitrogens with zero attached hydrogens (tertiary/aromatic N) is 3. The lowest BCUT2D eigenvalue weighted by atomic mass is 10.1. The maximum Gasteiger partial charge on any atom is 0.326 e. The van der Waals surface area contributed by atoms with Crippen LogP contribution in [0.15, 0.2) is 17.5 Å². The Hall–Kier alpha value is -4.21. The lowest BCUT2D eigenvalue weighted by molar-refractivity contribution is -0.150. The fourth-order valence-electron chi connectivity index (χ4n) is 4.04. The summed E-state index contributed by atoms with van der Waals surface area (Å²) in [4.78, 5) is 73.6. The number of carboxylic acid groups (broad SMARTS) is 2. The van der Waals surface area contributed by atoms with Gasteiger partial charge in [-0.25, -0.2) is 9.78 Å². The minimum Gasteiger partial charge on any atom is -0.481 e. The van der Waals surface area contributed by atoms with Gasteiger partial charge in [-0.1, -0.05) is 0 Å². The SMILES string of the molecule is NC(N)=NCCCC(N)C(=O)NC(Cc1cnc[nH]1)C(=O)NC(CCC(=O)O)C(=O)N1CCCC1C(=O)O.